The van der Waals surface area contributed by atoms with E-state index in [9.17, 15) is 9.18 Å². The lowest BCUT2D eigenvalue weighted by atomic mass is 10.1. The van der Waals surface area contributed by atoms with Gasteiger partial charge in [-0.15, -0.1) is 11.3 Å². The standard InChI is InChI=1S/C20H21FN4O2S/c1-11-19(20(26)23-9-13-3-4-13)28-17(24-11)8-6-15-12(2)27-25-18(15)16-7-5-14(21)10-22-16/h5,7,10,13H,3-4,6,8-9H2,1-2H3,(H,23,26). The number of halogens is 1. The second-order valence-corrected chi connectivity index (χ2v) is 8.19. The zero-order valence-corrected chi connectivity index (χ0v) is 16.6. The lowest BCUT2D eigenvalue weighted by molar-refractivity contribution is 0.0955. The highest BCUT2D eigenvalue weighted by Gasteiger charge is 2.23. The van der Waals surface area contributed by atoms with Crippen molar-refractivity contribution in [1.29, 1.82) is 0 Å². The second-order valence-electron chi connectivity index (χ2n) is 7.10. The molecular formula is C20H21FN4O2S. The Balaban J connectivity index is 1.46. The molecule has 1 aliphatic rings. The number of thiazole rings is 1. The topological polar surface area (TPSA) is 80.9 Å². The third-order valence-corrected chi connectivity index (χ3v) is 6.05. The molecule has 1 fully saturated rings. The summed E-state index contributed by atoms with van der Waals surface area (Å²) in [5, 5.41) is 7.98. The highest BCUT2D eigenvalue weighted by Crippen LogP contribution is 2.29. The Hall–Kier alpha value is -2.61. The molecule has 1 amide bonds. The molecule has 3 heterocycles. The number of carbonyl (C=O) groups excluding carboxylic acids is 1. The van der Waals surface area contributed by atoms with Crippen molar-refractivity contribution in [3.63, 3.8) is 0 Å². The van der Waals surface area contributed by atoms with Crippen molar-refractivity contribution in [2.45, 2.75) is 39.5 Å². The van der Waals surface area contributed by atoms with E-state index in [0.717, 1.165) is 22.8 Å². The Kier molecular flexibility index (Phi) is 5.21. The summed E-state index contributed by atoms with van der Waals surface area (Å²) in [4.78, 5) is 21.7. The molecule has 0 saturated heterocycles. The molecule has 0 aliphatic heterocycles. The van der Waals surface area contributed by atoms with Crippen LogP contribution < -0.4 is 5.32 Å². The van der Waals surface area contributed by atoms with Gasteiger partial charge in [-0.2, -0.15) is 0 Å². The number of hydrogen-bond donors (Lipinski definition) is 1. The van der Waals surface area contributed by atoms with E-state index in [1.807, 2.05) is 13.8 Å². The summed E-state index contributed by atoms with van der Waals surface area (Å²) in [5.74, 6) is 0.922. The van der Waals surface area contributed by atoms with Gasteiger partial charge in [-0.1, -0.05) is 5.16 Å². The zero-order valence-electron chi connectivity index (χ0n) is 15.8. The molecule has 146 valence electrons. The van der Waals surface area contributed by atoms with E-state index in [4.69, 9.17) is 4.52 Å². The monoisotopic (exact) mass is 400 g/mol. The Bertz CT molecular complexity index is 992. The molecule has 0 atom stereocenters. The average molecular weight is 400 g/mol. The molecule has 0 aromatic carbocycles. The minimum Gasteiger partial charge on any atom is -0.361 e. The third-order valence-electron chi connectivity index (χ3n) is 4.84. The van der Waals surface area contributed by atoms with Gasteiger partial charge in [0.15, 0.2) is 0 Å². The number of aromatic nitrogens is 3. The number of nitrogens with zero attached hydrogens (tertiary/aromatic N) is 3. The molecule has 4 rings (SSSR count). The van der Waals surface area contributed by atoms with Crippen molar-refractivity contribution >= 4 is 17.2 Å². The predicted molar refractivity (Wildman–Crippen MR) is 104 cm³/mol. The number of amides is 1. The molecular weight excluding hydrogens is 379 g/mol. The summed E-state index contributed by atoms with van der Waals surface area (Å²) in [6.07, 6.45) is 4.89. The van der Waals surface area contributed by atoms with Crippen LogP contribution in [0.15, 0.2) is 22.9 Å². The lowest BCUT2D eigenvalue weighted by Crippen LogP contribution is -2.25. The Morgan fingerprint density at radius 1 is 1.32 bits per heavy atom. The van der Waals surface area contributed by atoms with Crippen molar-refractivity contribution in [2.75, 3.05) is 6.54 Å². The normalized spacial score (nSPS) is 13.7. The van der Waals surface area contributed by atoms with Crippen molar-refractivity contribution in [3.05, 3.63) is 51.0 Å². The number of pyridine rings is 1. The highest BCUT2D eigenvalue weighted by atomic mass is 32.1. The number of nitrogens with one attached hydrogen (secondary N) is 1. The minimum atomic E-state index is -0.392. The molecule has 8 heteroatoms. The van der Waals surface area contributed by atoms with E-state index in [0.29, 0.717) is 40.8 Å². The van der Waals surface area contributed by atoms with E-state index in [2.05, 4.69) is 20.4 Å². The van der Waals surface area contributed by atoms with E-state index in [1.54, 1.807) is 6.07 Å². The van der Waals surface area contributed by atoms with E-state index >= 15 is 0 Å². The summed E-state index contributed by atoms with van der Waals surface area (Å²) in [7, 11) is 0. The molecule has 1 aliphatic carbocycles. The van der Waals surface area contributed by atoms with E-state index in [1.165, 1.54) is 36.4 Å². The first-order chi connectivity index (χ1) is 13.5. The van der Waals surface area contributed by atoms with Crippen LogP contribution in [0.5, 0.6) is 0 Å². The SMILES string of the molecule is Cc1nc(CCc2c(-c3ccc(F)cn3)noc2C)sc1C(=O)NCC1CC1. The Morgan fingerprint density at radius 3 is 2.86 bits per heavy atom. The maximum Gasteiger partial charge on any atom is 0.263 e. The summed E-state index contributed by atoms with van der Waals surface area (Å²) in [6.45, 7) is 4.46. The van der Waals surface area contributed by atoms with Gasteiger partial charge < -0.3 is 9.84 Å². The third kappa shape index (κ3) is 4.11. The number of aryl methyl sites for hydroxylation is 3. The van der Waals surface area contributed by atoms with Gasteiger partial charge in [0.05, 0.1) is 22.6 Å². The first kappa shape index (κ1) is 18.7. The fourth-order valence-electron chi connectivity index (χ4n) is 3.04. The van der Waals surface area contributed by atoms with Gasteiger partial charge >= 0.3 is 0 Å². The molecule has 0 bridgehead atoms. The van der Waals surface area contributed by atoms with Crippen LogP contribution in [0.1, 0.15) is 44.5 Å². The lowest BCUT2D eigenvalue weighted by Gasteiger charge is -2.02. The second kappa shape index (κ2) is 7.79. The van der Waals surface area contributed by atoms with Crippen LogP contribution in [-0.2, 0) is 12.8 Å². The van der Waals surface area contributed by atoms with Crippen LogP contribution in [0.25, 0.3) is 11.4 Å². The Morgan fingerprint density at radius 2 is 2.14 bits per heavy atom. The molecule has 28 heavy (non-hydrogen) atoms. The maximum atomic E-state index is 13.1. The highest BCUT2D eigenvalue weighted by molar-refractivity contribution is 7.13. The summed E-state index contributed by atoms with van der Waals surface area (Å²) >= 11 is 1.43. The van der Waals surface area contributed by atoms with Gasteiger partial charge in [-0.3, -0.25) is 9.78 Å². The van der Waals surface area contributed by atoms with Crippen LogP contribution in [0.3, 0.4) is 0 Å². The predicted octanol–water partition coefficient (Wildman–Crippen LogP) is 3.87. The van der Waals surface area contributed by atoms with Gasteiger partial charge in [0.1, 0.15) is 22.1 Å². The minimum absolute atomic E-state index is 0.0366. The quantitative estimate of drug-likeness (QED) is 0.651. The van der Waals surface area contributed by atoms with Crippen LogP contribution in [0.2, 0.25) is 0 Å². The fourth-order valence-corrected chi connectivity index (χ4v) is 4.02. The van der Waals surface area contributed by atoms with E-state index in [-0.39, 0.29) is 5.91 Å². The van der Waals surface area contributed by atoms with Crippen molar-refractivity contribution in [2.24, 2.45) is 5.92 Å². The fraction of sp³-hybridized carbons (Fsp3) is 0.400. The van der Waals surface area contributed by atoms with Crippen molar-refractivity contribution < 1.29 is 13.7 Å². The summed E-state index contributed by atoms with van der Waals surface area (Å²) in [5.41, 5.74) is 2.87. The van der Waals surface area contributed by atoms with Crippen LogP contribution in [0, 0.1) is 25.6 Å². The molecule has 6 nitrogen and oxygen atoms in total. The average Bonchev–Trinajstić information content (AvgIpc) is 3.34. The molecule has 0 spiro atoms. The number of rotatable bonds is 7. The number of hydrogen-bond acceptors (Lipinski definition) is 6. The van der Waals surface area contributed by atoms with Crippen molar-refractivity contribution in [1.82, 2.24) is 20.4 Å². The van der Waals surface area contributed by atoms with E-state index < -0.39 is 5.82 Å². The molecule has 3 aromatic heterocycles. The zero-order chi connectivity index (χ0) is 19.7. The largest absolute Gasteiger partial charge is 0.361 e. The van der Waals surface area contributed by atoms with Gasteiger partial charge in [-0.05, 0) is 51.2 Å². The maximum absolute atomic E-state index is 13.1. The van der Waals surface area contributed by atoms with Gasteiger partial charge in [0.2, 0.25) is 0 Å². The summed E-state index contributed by atoms with van der Waals surface area (Å²) in [6, 6.07) is 2.94. The molecule has 1 N–H and O–H groups in total. The van der Waals surface area contributed by atoms with Crippen LogP contribution in [0.4, 0.5) is 4.39 Å². The molecule has 0 unspecified atom stereocenters. The van der Waals surface area contributed by atoms with Gasteiger partial charge in [-0.25, -0.2) is 9.37 Å². The first-order valence-corrected chi connectivity index (χ1v) is 10.1. The smallest absolute Gasteiger partial charge is 0.263 e. The molecule has 3 aromatic rings. The molecule has 0 radical (unpaired) electrons. The molecule has 1 saturated carbocycles. The van der Waals surface area contributed by atoms with Crippen LogP contribution >= 0.6 is 11.3 Å². The van der Waals surface area contributed by atoms with Crippen LogP contribution in [-0.4, -0.2) is 27.6 Å². The Labute approximate surface area is 166 Å². The van der Waals surface area contributed by atoms with Crippen molar-refractivity contribution in [3.8, 4) is 11.4 Å². The first-order valence-electron chi connectivity index (χ1n) is 9.33. The summed E-state index contributed by atoms with van der Waals surface area (Å²) < 4.78 is 18.5. The number of carbonyl (C=O) groups is 1. The van der Waals surface area contributed by atoms with Gasteiger partial charge in [0, 0.05) is 18.5 Å². The van der Waals surface area contributed by atoms with Gasteiger partial charge in [0.25, 0.3) is 5.91 Å².